The van der Waals surface area contributed by atoms with Gasteiger partial charge >= 0.3 is 0 Å². The van der Waals surface area contributed by atoms with E-state index >= 15 is 0 Å². The number of benzene rings is 1. The smallest absolute Gasteiger partial charge is 0.298 e. The van der Waals surface area contributed by atoms with Crippen LogP contribution in [-0.2, 0) is 6.42 Å². The molecule has 1 saturated heterocycles. The van der Waals surface area contributed by atoms with Crippen LogP contribution in [0.4, 0.5) is 5.82 Å². The number of piperazine rings is 1. The molecule has 29 heavy (non-hydrogen) atoms. The fourth-order valence-corrected chi connectivity index (χ4v) is 3.44. The largest absolute Gasteiger partial charge is 0.396 e. The molecule has 1 aliphatic heterocycles. The van der Waals surface area contributed by atoms with Gasteiger partial charge in [-0.25, -0.2) is 9.67 Å². The maximum atomic E-state index is 13.3. The van der Waals surface area contributed by atoms with Gasteiger partial charge in [-0.3, -0.25) is 9.36 Å². The molecule has 0 bridgehead atoms. The van der Waals surface area contributed by atoms with Gasteiger partial charge in [0.2, 0.25) is 0 Å². The second kappa shape index (κ2) is 8.54. The quantitative estimate of drug-likeness (QED) is 0.649. The van der Waals surface area contributed by atoms with Crippen LogP contribution in [0.15, 0.2) is 47.7 Å². The maximum Gasteiger partial charge on any atom is 0.298 e. The molecular weight excluding hydrogens is 370 g/mol. The van der Waals surface area contributed by atoms with Gasteiger partial charge in [-0.15, -0.1) is 5.10 Å². The molecule has 3 aromatic rings. The fourth-order valence-electron chi connectivity index (χ4n) is 3.44. The average molecular weight is 395 g/mol. The highest BCUT2D eigenvalue weighted by molar-refractivity contribution is 5.45. The highest BCUT2D eigenvalue weighted by Gasteiger charge is 2.20. The summed E-state index contributed by atoms with van der Waals surface area (Å²) in [4.78, 5) is 22.2. The molecular formula is C20H25N7O2. The van der Waals surface area contributed by atoms with E-state index in [4.69, 9.17) is 0 Å². The number of aliphatic hydroxyl groups excluding tert-OH is 1. The van der Waals surface area contributed by atoms with Crippen molar-refractivity contribution in [3.8, 4) is 11.4 Å². The van der Waals surface area contributed by atoms with Crippen LogP contribution in [0, 0.1) is 0 Å². The zero-order valence-electron chi connectivity index (χ0n) is 16.5. The molecule has 152 valence electrons. The van der Waals surface area contributed by atoms with Gasteiger partial charge in [0.1, 0.15) is 0 Å². The van der Waals surface area contributed by atoms with Gasteiger partial charge < -0.3 is 14.9 Å². The number of aromatic nitrogens is 5. The number of aliphatic hydroxyl groups is 1. The molecule has 9 nitrogen and oxygen atoms in total. The summed E-state index contributed by atoms with van der Waals surface area (Å²) in [6, 6.07) is 7.59. The normalized spacial score (nSPS) is 15.0. The van der Waals surface area contributed by atoms with E-state index in [0.29, 0.717) is 18.7 Å². The van der Waals surface area contributed by atoms with Gasteiger partial charge in [-0.05, 0) is 44.2 Å². The van der Waals surface area contributed by atoms with E-state index in [9.17, 15) is 9.90 Å². The summed E-state index contributed by atoms with van der Waals surface area (Å²) in [5.41, 5.74) is 2.30. The lowest BCUT2D eigenvalue weighted by Crippen LogP contribution is -2.47. The molecule has 1 aromatic carbocycles. The van der Waals surface area contributed by atoms with Crippen LogP contribution in [0.3, 0.4) is 0 Å². The summed E-state index contributed by atoms with van der Waals surface area (Å²) >= 11 is 0. The number of nitrogens with zero attached hydrogens (tertiary/aromatic N) is 7. The summed E-state index contributed by atoms with van der Waals surface area (Å²) in [6.07, 6.45) is 6.40. The van der Waals surface area contributed by atoms with Gasteiger partial charge in [0.25, 0.3) is 5.56 Å². The van der Waals surface area contributed by atoms with Crippen molar-refractivity contribution in [3.05, 3.63) is 58.9 Å². The Kier molecular flexibility index (Phi) is 5.68. The number of hydrogen-bond acceptors (Lipinski definition) is 7. The highest BCUT2D eigenvalue weighted by atomic mass is 16.3. The minimum atomic E-state index is -0.129. The van der Waals surface area contributed by atoms with Crippen LogP contribution < -0.4 is 10.5 Å². The van der Waals surface area contributed by atoms with Crippen molar-refractivity contribution < 1.29 is 5.11 Å². The number of hydrogen-bond donors (Lipinski definition) is 1. The van der Waals surface area contributed by atoms with Gasteiger partial charge in [-0.2, -0.15) is 0 Å². The van der Waals surface area contributed by atoms with Crippen molar-refractivity contribution in [1.29, 1.82) is 0 Å². The van der Waals surface area contributed by atoms with E-state index in [0.717, 1.165) is 43.2 Å². The first kappa shape index (κ1) is 19.3. The number of aryl methyl sites for hydroxylation is 1. The Balaban J connectivity index is 1.71. The molecule has 0 saturated carbocycles. The topological polar surface area (TPSA) is 92.3 Å². The zero-order valence-corrected chi connectivity index (χ0v) is 16.5. The SMILES string of the molecule is CN1CCN(c2nc(CCCO)cn(-c3ccc(-n4ccnn4)cc3)c2=O)CC1. The van der Waals surface area contributed by atoms with Gasteiger partial charge in [0.15, 0.2) is 5.82 Å². The Labute approximate surface area is 168 Å². The maximum absolute atomic E-state index is 13.3. The molecule has 0 amide bonds. The third kappa shape index (κ3) is 4.20. The Morgan fingerprint density at radius 2 is 1.79 bits per heavy atom. The monoisotopic (exact) mass is 395 g/mol. The highest BCUT2D eigenvalue weighted by Crippen LogP contribution is 2.15. The standard InChI is InChI=1S/C20H25N7O2/c1-24-10-12-25(13-11-24)19-20(29)26(15-16(22-19)3-2-14-28)17-4-6-18(7-5-17)27-9-8-21-23-27/h4-9,15,28H,2-3,10-14H2,1H3. The molecule has 1 aliphatic rings. The Hall–Kier alpha value is -3.04. The van der Waals surface area contributed by atoms with Crippen LogP contribution in [0.25, 0.3) is 11.4 Å². The molecule has 3 heterocycles. The fraction of sp³-hybridized carbons (Fsp3) is 0.400. The number of rotatable bonds is 6. The molecule has 4 rings (SSSR count). The first-order valence-corrected chi connectivity index (χ1v) is 9.80. The van der Waals surface area contributed by atoms with Gasteiger partial charge in [-0.1, -0.05) is 5.21 Å². The zero-order chi connectivity index (χ0) is 20.2. The predicted octanol–water partition coefficient (Wildman–Crippen LogP) is 0.490. The van der Waals surface area contributed by atoms with Crippen LogP contribution >= 0.6 is 0 Å². The summed E-state index contributed by atoms with van der Waals surface area (Å²) in [6.45, 7) is 3.43. The third-order valence-electron chi connectivity index (χ3n) is 5.15. The van der Waals surface area contributed by atoms with Crippen LogP contribution in [0.5, 0.6) is 0 Å². The van der Waals surface area contributed by atoms with Crippen molar-refractivity contribution in [1.82, 2.24) is 29.4 Å². The Morgan fingerprint density at radius 3 is 2.45 bits per heavy atom. The van der Waals surface area contributed by atoms with Crippen molar-refractivity contribution in [2.75, 3.05) is 44.7 Å². The lowest BCUT2D eigenvalue weighted by molar-refractivity contribution is 0.288. The molecule has 0 atom stereocenters. The van der Waals surface area contributed by atoms with Crippen molar-refractivity contribution in [2.24, 2.45) is 0 Å². The van der Waals surface area contributed by atoms with Crippen LogP contribution in [0.1, 0.15) is 12.1 Å². The molecule has 2 aromatic heterocycles. The molecule has 0 unspecified atom stereocenters. The molecule has 1 N–H and O–H groups in total. The lowest BCUT2D eigenvalue weighted by Gasteiger charge is -2.33. The van der Waals surface area contributed by atoms with Crippen LogP contribution in [0.2, 0.25) is 0 Å². The van der Waals surface area contributed by atoms with E-state index in [-0.39, 0.29) is 12.2 Å². The second-order valence-corrected chi connectivity index (χ2v) is 7.21. The van der Waals surface area contributed by atoms with E-state index in [1.165, 1.54) is 0 Å². The predicted molar refractivity (Wildman–Crippen MR) is 110 cm³/mol. The Morgan fingerprint density at radius 1 is 1.07 bits per heavy atom. The molecule has 0 radical (unpaired) electrons. The van der Waals surface area contributed by atoms with Crippen LogP contribution in [-0.4, -0.2) is 74.4 Å². The summed E-state index contributed by atoms with van der Waals surface area (Å²) in [7, 11) is 2.08. The first-order valence-electron chi connectivity index (χ1n) is 9.80. The van der Waals surface area contributed by atoms with E-state index in [1.807, 2.05) is 24.3 Å². The second-order valence-electron chi connectivity index (χ2n) is 7.21. The molecule has 1 fully saturated rings. The van der Waals surface area contributed by atoms with Crippen molar-refractivity contribution in [2.45, 2.75) is 12.8 Å². The number of anilines is 1. The average Bonchev–Trinajstić information content (AvgIpc) is 3.29. The first-order chi connectivity index (χ1) is 14.2. The van der Waals surface area contributed by atoms with Gasteiger partial charge in [0, 0.05) is 44.7 Å². The molecule has 9 heteroatoms. The van der Waals surface area contributed by atoms with E-state index < -0.39 is 0 Å². The van der Waals surface area contributed by atoms with Gasteiger partial charge in [0.05, 0.1) is 23.8 Å². The van der Waals surface area contributed by atoms with Crippen molar-refractivity contribution >= 4 is 5.82 Å². The summed E-state index contributed by atoms with van der Waals surface area (Å²) in [5, 5.41) is 17.0. The number of likely N-dealkylation sites (N-methyl/N-ethyl adjacent to an activating group) is 1. The summed E-state index contributed by atoms with van der Waals surface area (Å²) in [5.74, 6) is 0.480. The summed E-state index contributed by atoms with van der Waals surface area (Å²) < 4.78 is 3.32. The minimum Gasteiger partial charge on any atom is -0.396 e. The molecule has 0 spiro atoms. The lowest BCUT2D eigenvalue weighted by atomic mass is 10.2. The molecule has 0 aliphatic carbocycles. The van der Waals surface area contributed by atoms with E-state index in [1.54, 1.807) is 27.8 Å². The van der Waals surface area contributed by atoms with Crippen molar-refractivity contribution in [3.63, 3.8) is 0 Å². The Bertz CT molecular complexity index is 991. The third-order valence-corrected chi connectivity index (χ3v) is 5.15. The van der Waals surface area contributed by atoms with E-state index in [2.05, 4.69) is 32.1 Å². The minimum absolute atomic E-state index is 0.0945.